The Morgan fingerprint density at radius 2 is 1.97 bits per heavy atom. The van der Waals surface area contributed by atoms with Crippen molar-refractivity contribution >= 4 is 45.7 Å². The van der Waals surface area contributed by atoms with Crippen LogP contribution < -0.4 is 5.56 Å². The largest absolute Gasteiger partial charge is 0.336 e. The van der Waals surface area contributed by atoms with Crippen molar-refractivity contribution < 1.29 is 4.79 Å². The highest BCUT2D eigenvalue weighted by Crippen LogP contribution is 2.34. The molecule has 34 heavy (non-hydrogen) atoms. The third-order valence-corrected chi connectivity index (χ3v) is 8.30. The Bertz CT molecular complexity index is 1570. The summed E-state index contributed by atoms with van der Waals surface area (Å²) in [5.41, 5.74) is 3.97. The molecule has 5 aromatic rings. The smallest absolute Gasteiger partial charge is 0.294 e. The minimum atomic E-state index is -0.330. The second kappa shape index (κ2) is 8.41. The van der Waals surface area contributed by atoms with Crippen molar-refractivity contribution in [3.63, 3.8) is 0 Å². The fourth-order valence-electron chi connectivity index (χ4n) is 4.48. The molecule has 1 aliphatic rings. The van der Waals surface area contributed by atoms with E-state index >= 15 is 0 Å². The lowest BCUT2D eigenvalue weighted by atomic mass is 10.0. The van der Waals surface area contributed by atoms with Crippen molar-refractivity contribution in [3.05, 3.63) is 87.0 Å². The number of nitrogens with zero attached hydrogens (tertiary/aromatic N) is 4. The van der Waals surface area contributed by atoms with E-state index in [1.165, 1.54) is 5.56 Å². The van der Waals surface area contributed by atoms with Gasteiger partial charge in [-0.3, -0.25) is 14.0 Å². The van der Waals surface area contributed by atoms with Crippen molar-refractivity contribution in [2.45, 2.75) is 12.2 Å². The van der Waals surface area contributed by atoms with E-state index < -0.39 is 0 Å². The van der Waals surface area contributed by atoms with Gasteiger partial charge < -0.3 is 9.88 Å². The average Bonchev–Trinajstić information content (AvgIpc) is 3.55. The van der Waals surface area contributed by atoms with E-state index in [4.69, 9.17) is 0 Å². The fourth-order valence-corrected chi connectivity index (χ4v) is 6.43. The number of rotatable bonds is 3. The van der Waals surface area contributed by atoms with Crippen LogP contribution in [-0.2, 0) is 0 Å². The number of carbonyl (C=O) groups excluding carboxylic acids is 1. The summed E-state index contributed by atoms with van der Waals surface area (Å²) in [4.78, 5) is 32.1. The molecule has 0 aliphatic carbocycles. The molecule has 0 radical (unpaired) electrons. The number of hydrogen-bond donors (Lipinski definition) is 1. The van der Waals surface area contributed by atoms with Crippen LogP contribution >= 0.6 is 23.1 Å². The summed E-state index contributed by atoms with van der Waals surface area (Å²) in [7, 11) is 0. The molecule has 0 bridgehead atoms. The summed E-state index contributed by atoms with van der Waals surface area (Å²) in [5, 5.41) is 10.6. The Morgan fingerprint density at radius 1 is 1.12 bits per heavy atom. The Labute approximate surface area is 203 Å². The highest BCUT2D eigenvalue weighted by Gasteiger charge is 2.27. The molecule has 6 rings (SSSR count). The number of amides is 1. The second-order valence-electron chi connectivity index (χ2n) is 8.32. The summed E-state index contributed by atoms with van der Waals surface area (Å²) in [5.74, 6) is 1.50. The third kappa shape index (κ3) is 3.52. The topological polar surface area (TPSA) is 83.4 Å². The van der Waals surface area contributed by atoms with Crippen LogP contribution in [0.2, 0.25) is 0 Å². The van der Waals surface area contributed by atoms with Crippen LogP contribution in [0.25, 0.3) is 27.4 Å². The zero-order valence-corrected chi connectivity index (χ0v) is 20.0. The van der Waals surface area contributed by atoms with E-state index in [0.29, 0.717) is 30.0 Å². The van der Waals surface area contributed by atoms with Crippen molar-refractivity contribution in [3.8, 4) is 10.7 Å². The molecule has 1 atom stereocenters. The lowest BCUT2D eigenvalue weighted by Gasteiger charge is -2.33. The highest BCUT2D eigenvalue weighted by molar-refractivity contribution is 7.99. The molecule has 4 heterocycles. The summed E-state index contributed by atoms with van der Waals surface area (Å²) in [6.07, 6.45) is 0. The van der Waals surface area contributed by atoms with Crippen LogP contribution in [0.4, 0.5) is 0 Å². The van der Waals surface area contributed by atoms with Gasteiger partial charge in [0.15, 0.2) is 5.82 Å². The molecule has 3 aromatic heterocycles. The van der Waals surface area contributed by atoms with E-state index in [-0.39, 0.29) is 22.4 Å². The van der Waals surface area contributed by atoms with E-state index in [1.54, 1.807) is 21.8 Å². The molecule has 0 spiro atoms. The molecule has 1 saturated heterocycles. The average molecular weight is 488 g/mol. The van der Waals surface area contributed by atoms with Gasteiger partial charge in [-0.15, -0.1) is 21.5 Å². The lowest BCUT2D eigenvalue weighted by molar-refractivity contribution is 0.0761. The first-order valence-corrected chi connectivity index (χ1v) is 12.9. The van der Waals surface area contributed by atoms with Gasteiger partial charge in [-0.2, -0.15) is 11.8 Å². The van der Waals surface area contributed by atoms with Crippen LogP contribution in [0.15, 0.2) is 64.8 Å². The molecule has 1 fully saturated rings. The first-order chi connectivity index (χ1) is 16.6. The first-order valence-electron chi connectivity index (χ1n) is 11.0. The Morgan fingerprint density at radius 3 is 2.76 bits per heavy atom. The van der Waals surface area contributed by atoms with E-state index in [0.717, 1.165) is 21.7 Å². The molecular formula is C25H21N5O2S2. The first kappa shape index (κ1) is 21.1. The molecule has 1 amide bonds. The molecule has 2 aromatic carbocycles. The number of thiophene rings is 1. The van der Waals surface area contributed by atoms with Crippen LogP contribution in [0.3, 0.4) is 0 Å². The van der Waals surface area contributed by atoms with Crippen molar-refractivity contribution in [1.29, 1.82) is 0 Å². The van der Waals surface area contributed by atoms with Gasteiger partial charge in [-0.05, 0) is 41.6 Å². The monoisotopic (exact) mass is 487 g/mol. The van der Waals surface area contributed by atoms with Gasteiger partial charge in [0.25, 0.3) is 11.5 Å². The maximum atomic E-state index is 13.6. The minimum absolute atomic E-state index is 0.0104. The number of aromatic nitrogens is 4. The van der Waals surface area contributed by atoms with Crippen LogP contribution in [0.5, 0.6) is 0 Å². The Hall–Kier alpha value is -3.43. The second-order valence-corrected chi connectivity index (χ2v) is 10.6. The molecule has 0 saturated carbocycles. The van der Waals surface area contributed by atoms with E-state index in [1.807, 2.05) is 65.4 Å². The lowest BCUT2D eigenvalue weighted by Crippen LogP contribution is -2.39. The van der Waals surface area contributed by atoms with Crippen LogP contribution in [-0.4, -0.2) is 49.2 Å². The fraction of sp³-hybridized carbons (Fsp3) is 0.200. The Kier molecular flexibility index (Phi) is 5.23. The van der Waals surface area contributed by atoms with Gasteiger partial charge in [0.05, 0.1) is 15.9 Å². The standard InChI is InChI=1S/C25H21N5O2S2/c1-15-12-19-18(26-24(31)23-28-27-22(30(19)23)20-8-5-10-33-20)13-17(15)25(32)29-9-11-34-21(14-29)16-6-3-2-4-7-16/h2-8,10,12-13,21H,9,11,14H2,1H3,(H,26,31). The minimum Gasteiger partial charge on any atom is -0.336 e. The zero-order chi connectivity index (χ0) is 23.2. The summed E-state index contributed by atoms with van der Waals surface area (Å²) in [6, 6.07) is 18.0. The maximum absolute atomic E-state index is 13.6. The summed E-state index contributed by atoms with van der Waals surface area (Å²) in [6.45, 7) is 3.30. The van der Waals surface area contributed by atoms with Gasteiger partial charge >= 0.3 is 0 Å². The number of benzene rings is 2. The van der Waals surface area contributed by atoms with Gasteiger partial charge in [0.2, 0.25) is 5.65 Å². The van der Waals surface area contributed by atoms with Crippen molar-refractivity contribution in [2.24, 2.45) is 0 Å². The number of H-pyrrole nitrogens is 1. The SMILES string of the molecule is Cc1cc2c(cc1C(=O)N1CCSC(c3ccccc3)C1)[nH]c(=O)c1nnc(-c3cccs3)n12. The number of thioether (sulfide) groups is 1. The number of aryl methyl sites for hydroxylation is 1. The van der Waals surface area contributed by atoms with Crippen LogP contribution in [0.1, 0.15) is 26.7 Å². The van der Waals surface area contributed by atoms with E-state index in [2.05, 4.69) is 27.3 Å². The third-order valence-electron chi connectivity index (χ3n) is 6.19. The Balaban J connectivity index is 1.41. The highest BCUT2D eigenvalue weighted by atomic mass is 32.2. The number of carbonyl (C=O) groups is 1. The molecule has 1 unspecified atom stereocenters. The molecule has 1 N–H and O–H groups in total. The normalized spacial score (nSPS) is 16.4. The quantitative estimate of drug-likeness (QED) is 0.404. The maximum Gasteiger partial charge on any atom is 0.294 e. The van der Waals surface area contributed by atoms with Gasteiger partial charge in [0, 0.05) is 29.7 Å². The van der Waals surface area contributed by atoms with Gasteiger partial charge in [-0.1, -0.05) is 36.4 Å². The van der Waals surface area contributed by atoms with Gasteiger partial charge in [-0.25, -0.2) is 0 Å². The number of nitrogens with one attached hydrogen (secondary N) is 1. The van der Waals surface area contributed by atoms with Crippen LogP contribution in [0, 0.1) is 6.92 Å². The van der Waals surface area contributed by atoms with Crippen molar-refractivity contribution in [2.75, 3.05) is 18.8 Å². The van der Waals surface area contributed by atoms with E-state index in [9.17, 15) is 9.59 Å². The molecule has 1 aliphatic heterocycles. The molecule has 7 nitrogen and oxygen atoms in total. The summed E-state index contributed by atoms with van der Waals surface area (Å²) >= 11 is 3.43. The molecule has 9 heteroatoms. The predicted molar refractivity (Wildman–Crippen MR) is 137 cm³/mol. The predicted octanol–water partition coefficient (Wildman–Crippen LogP) is 4.54. The van der Waals surface area contributed by atoms with Crippen molar-refractivity contribution in [1.82, 2.24) is 24.5 Å². The molecular weight excluding hydrogens is 466 g/mol. The summed E-state index contributed by atoms with van der Waals surface area (Å²) < 4.78 is 1.78. The number of aromatic amines is 1. The zero-order valence-electron chi connectivity index (χ0n) is 18.4. The molecule has 170 valence electrons. The number of fused-ring (bicyclic) bond motifs is 3. The number of hydrogen-bond acceptors (Lipinski definition) is 6. The van der Waals surface area contributed by atoms with Gasteiger partial charge in [0.1, 0.15) is 0 Å².